The van der Waals surface area contributed by atoms with Crippen LogP contribution >= 0.6 is 0 Å². The Hall–Kier alpha value is -2.04. The summed E-state index contributed by atoms with van der Waals surface area (Å²) in [5.41, 5.74) is 7.93. The van der Waals surface area contributed by atoms with Crippen molar-refractivity contribution in [1.82, 2.24) is 4.90 Å². The van der Waals surface area contributed by atoms with Crippen LogP contribution in [0, 0.1) is 5.92 Å². The number of nitrogens with two attached hydrogens (primary N) is 1. The maximum atomic E-state index is 12.2. The summed E-state index contributed by atoms with van der Waals surface area (Å²) < 4.78 is 0. The zero-order chi connectivity index (χ0) is 13.1. The van der Waals surface area contributed by atoms with Gasteiger partial charge in [-0.1, -0.05) is 29.4 Å². The lowest BCUT2D eigenvalue weighted by molar-refractivity contribution is -0.133. The molecule has 1 aliphatic rings. The fraction of sp³-hybridized carbons (Fsp3) is 0.385. The van der Waals surface area contributed by atoms with Crippen LogP contribution in [0.2, 0.25) is 0 Å². The van der Waals surface area contributed by atoms with Gasteiger partial charge in [-0.15, -0.1) is 0 Å². The van der Waals surface area contributed by atoms with Gasteiger partial charge >= 0.3 is 0 Å². The molecule has 96 valence electrons. The Kier molecular flexibility index (Phi) is 3.50. The molecule has 3 N–H and O–H groups in total. The Morgan fingerprint density at radius 3 is 2.78 bits per heavy atom. The van der Waals surface area contributed by atoms with Crippen LogP contribution in [0.15, 0.2) is 29.4 Å². The molecule has 0 fully saturated rings. The standard InChI is InChI=1S/C13H17N3O2/c1-9(12(14)15-18)13(17)16-7-6-10-4-2-3-5-11(10)8-16/h2-5,9,18H,6-8H2,1H3,(H2,14,15). The molecule has 1 aromatic rings. The average Bonchev–Trinajstić information content (AvgIpc) is 2.44. The summed E-state index contributed by atoms with van der Waals surface area (Å²) in [5.74, 6) is -0.723. The Morgan fingerprint density at radius 1 is 1.44 bits per heavy atom. The molecule has 1 aromatic carbocycles. The van der Waals surface area contributed by atoms with Crippen molar-refractivity contribution in [3.8, 4) is 0 Å². The third-order valence-electron chi connectivity index (χ3n) is 3.37. The summed E-state index contributed by atoms with van der Waals surface area (Å²) in [7, 11) is 0. The molecule has 2 rings (SSSR count). The minimum Gasteiger partial charge on any atom is -0.409 e. The molecule has 1 heterocycles. The quantitative estimate of drug-likeness (QED) is 0.353. The van der Waals surface area contributed by atoms with Gasteiger partial charge in [0.1, 0.15) is 0 Å². The molecule has 0 bridgehead atoms. The first-order chi connectivity index (χ1) is 8.63. The fourth-order valence-corrected chi connectivity index (χ4v) is 2.17. The minimum atomic E-state index is -0.583. The van der Waals surface area contributed by atoms with Gasteiger partial charge in [-0.3, -0.25) is 4.79 Å². The van der Waals surface area contributed by atoms with E-state index in [1.54, 1.807) is 11.8 Å². The second kappa shape index (κ2) is 5.08. The van der Waals surface area contributed by atoms with E-state index in [9.17, 15) is 4.79 Å². The number of nitrogens with zero attached hydrogens (tertiary/aromatic N) is 2. The molecule has 5 heteroatoms. The van der Waals surface area contributed by atoms with Crippen LogP contribution in [0.25, 0.3) is 0 Å². The highest BCUT2D eigenvalue weighted by Gasteiger charge is 2.26. The van der Waals surface area contributed by atoms with E-state index in [-0.39, 0.29) is 11.7 Å². The van der Waals surface area contributed by atoms with Crippen molar-refractivity contribution in [3.05, 3.63) is 35.4 Å². The monoisotopic (exact) mass is 247 g/mol. The second-order valence-electron chi connectivity index (χ2n) is 4.53. The summed E-state index contributed by atoms with van der Waals surface area (Å²) in [6.45, 7) is 2.93. The topological polar surface area (TPSA) is 78.9 Å². The normalized spacial score (nSPS) is 17.2. The van der Waals surface area contributed by atoms with E-state index < -0.39 is 5.92 Å². The van der Waals surface area contributed by atoms with E-state index in [2.05, 4.69) is 11.2 Å². The molecule has 1 unspecified atom stereocenters. The Bertz CT molecular complexity index is 485. The molecule has 1 amide bonds. The molecule has 0 spiro atoms. The summed E-state index contributed by atoms with van der Waals surface area (Å²) in [6, 6.07) is 8.10. The molecular formula is C13H17N3O2. The molecule has 18 heavy (non-hydrogen) atoms. The van der Waals surface area contributed by atoms with Crippen LogP contribution in [-0.4, -0.2) is 28.4 Å². The van der Waals surface area contributed by atoms with Gasteiger partial charge in [0, 0.05) is 13.1 Å². The maximum Gasteiger partial charge on any atom is 0.233 e. The van der Waals surface area contributed by atoms with Gasteiger partial charge in [-0.25, -0.2) is 0 Å². The van der Waals surface area contributed by atoms with E-state index in [0.29, 0.717) is 13.1 Å². The molecule has 0 radical (unpaired) electrons. The number of hydrogen-bond donors (Lipinski definition) is 2. The first-order valence-electron chi connectivity index (χ1n) is 5.96. The van der Waals surface area contributed by atoms with Crippen molar-refractivity contribution < 1.29 is 10.0 Å². The van der Waals surface area contributed by atoms with Crippen molar-refractivity contribution in [2.24, 2.45) is 16.8 Å². The lowest BCUT2D eigenvalue weighted by atomic mass is 9.98. The molecule has 0 aliphatic carbocycles. The summed E-state index contributed by atoms with van der Waals surface area (Å²) in [4.78, 5) is 13.9. The predicted molar refractivity (Wildman–Crippen MR) is 68.1 cm³/mol. The summed E-state index contributed by atoms with van der Waals surface area (Å²) in [6.07, 6.45) is 0.852. The maximum absolute atomic E-state index is 12.2. The van der Waals surface area contributed by atoms with Gasteiger partial charge < -0.3 is 15.8 Å². The van der Waals surface area contributed by atoms with Crippen molar-refractivity contribution in [2.75, 3.05) is 6.54 Å². The van der Waals surface area contributed by atoms with Gasteiger partial charge in [0.2, 0.25) is 5.91 Å². The zero-order valence-electron chi connectivity index (χ0n) is 10.3. The third-order valence-corrected chi connectivity index (χ3v) is 3.37. The molecule has 1 atom stereocenters. The molecule has 0 saturated heterocycles. The van der Waals surface area contributed by atoms with Crippen molar-refractivity contribution in [3.63, 3.8) is 0 Å². The Morgan fingerprint density at radius 2 is 2.11 bits per heavy atom. The lowest BCUT2D eigenvalue weighted by Gasteiger charge is -2.30. The SMILES string of the molecule is CC(C(=O)N1CCc2ccccc2C1)/C(N)=N/O. The van der Waals surface area contributed by atoms with Crippen molar-refractivity contribution in [1.29, 1.82) is 0 Å². The molecular weight excluding hydrogens is 230 g/mol. The van der Waals surface area contributed by atoms with Crippen LogP contribution in [0.5, 0.6) is 0 Å². The molecule has 5 nitrogen and oxygen atoms in total. The Labute approximate surface area is 106 Å². The van der Waals surface area contributed by atoms with E-state index in [0.717, 1.165) is 6.42 Å². The van der Waals surface area contributed by atoms with Crippen LogP contribution < -0.4 is 5.73 Å². The minimum absolute atomic E-state index is 0.0427. The number of benzene rings is 1. The summed E-state index contributed by atoms with van der Waals surface area (Å²) >= 11 is 0. The van der Waals surface area contributed by atoms with E-state index in [1.807, 2.05) is 18.2 Å². The number of amidine groups is 1. The van der Waals surface area contributed by atoms with Crippen LogP contribution in [0.1, 0.15) is 18.1 Å². The van der Waals surface area contributed by atoms with Gasteiger partial charge in [0.15, 0.2) is 5.84 Å². The predicted octanol–water partition coefficient (Wildman–Crippen LogP) is 0.954. The fourth-order valence-electron chi connectivity index (χ4n) is 2.17. The second-order valence-corrected chi connectivity index (χ2v) is 4.53. The Balaban J connectivity index is 2.12. The highest BCUT2D eigenvalue weighted by molar-refractivity contribution is 6.01. The zero-order valence-corrected chi connectivity index (χ0v) is 10.3. The molecule has 1 aliphatic heterocycles. The number of oxime groups is 1. The number of hydrogen-bond acceptors (Lipinski definition) is 3. The number of rotatable bonds is 2. The van der Waals surface area contributed by atoms with Crippen LogP contribution in [-0.2, 0) is 17.8 Å². The van der Waals surface area contributed by atoms with Crippen molar-refractivity contribution in [2.45, 2.75) is 19.9 Å². The van der Waals surface area contributed by atoms with Gasteiger partial charge in [-0.05, 0) is 24.5 Å². The first-order valence-corrected chi connectivity index (χ1v) is 5.96. The largest absolute Gasteiger partial charge is 0.409 e. The average molecular weight is 247 g/mol. The van der Waals surface area contributed by atoms with Gasteiger partial charge in [0.25, 0.3) is 0 Å². The number of carbonyl (C=O) groups excluding carboxylic acids is 1. The van der Waals surface area contributed by atoms with E-state index >= 15 is 0 Å². The van der Waals surface area contributed by atoms with Crippen LogP contribution in [0.4, 0.5) is 0 Å². The highest BCUT2D eigenvalue weighted by Crippen LogP contribution is 2.19. The van der Waals surface area contributed by atoms with Gasteiger partial charge in [-0.2, -0.15) is 0 Å². The van der Waals surface area contributed by atoms with E-state index in [4.69, 9.17) is 10.9 Å². The highest BCUT2D eigenvalue weighted by atomic mass is 16.4. The molecule has 0 aromatic heterocycles. The summed E-state index contributed by atoms with van der Waals surface area (Å²) in [5, 5.41) is 11.5. The number of amides is 1. The number of fused-ring (bicyclic) bond motifs is 1. The lowest BCUT2D eigenvalue weighted by Crippen LogP contribution is -2.43. The molecule has 0 saturated carbocycles. The van der Waals surface area contributed by atoms with E-state index in [1.165, 1.54) is 11.1 Å². The number of carbonyl (C=O) groups is 1. The third kappa shape index (κ3) is 2.30. The van der Waals surface area contributed by atoms with Gasteiger partial charge in [0.05, 0.1) is 5.92 Å². The van der Waals surface area contributed by atoms with Crippen molar-refractivity contribution >= 4 is 11.7 Å². The smallest absolute Gasteiger partial charge is 0.233 e. The van der Waals surface area contributed by atoms with Crippen LogP contribution in [0.3, 0.4) is 0 Å². The first kappa shape index (κ1) is 12.4.